The first-order valence-electron chi connectivity index (χ1n) is 5.62. The lowest BCUT2D eigenvalue weighted by Gasteiger charge is -2.07. The SMILES string of the molecule is CCCCCCn1ccc(C)c(N)c1=O. The Morgan fingerprint density at radius 2 is 2.07 bits per heavy atom. The van der Waals surface area contributed by atoms with E-state index in [9.17, 15) is 4.79 Å². The van der Waals surface area contributed by atoms with Crippen molar-refractivity contribution in [3.8, 4) is 0 Å². The molecule has 0 radical (unpaired) electrons. The summed E-state index contributed by atoms with van der Waals surface area (Å²) in [6.07, 6.45) is 6.51. The fourth-order valence-electron chi connectivity index (χ4n) is 1.57. The number of anilines is 1. The number of rotatable bonds is 5. The highest BCUT2D eigenvalue weighted by Crippen LogP contribution is 2.05. The van der Waals surface area contributed by atoms with Crippen molar-refractivity contribution in [1.82, 2.24) is 4.57 Å². The first-order chi connectivity index (χ1) is 7.16. The molecule has 0 saturated heterocycles. The fraction of sp³-hybridized carbons (Fsp3) is 0.583. The third kappa shape index (κ3) is 3.11. The second-order valence-corrected chi connectivity index (χ2v) is 3.97. The van der Waals surface area contributed by atoms with E-state index in [0.29, 0.717) is 5.69 Å². The normalized spacial score (nSPS) is 10.5. The molecule has 15 heavy (non-hydrogen) atoms. The van der Waals surface area contributed by atoms with Crippen LogP contribution in [0.4, 0.5) is 5.69 Å². The van der Waals surface area contributed by atoms with Gasteiger partial charge in [0.15, 0.2) is 0 Å². The maximum Gasteiger partial charge on any atom is 0.273 e. The van der Waals surface area contributed by atoms with E-state index < -0.39 is 0 Å². The molecule has 3 nitrogen and oxygen atoms in total. The minimum atomic E-state index is -0.0495. The minimum absolute atomic E-state index is 0.0495. The number of unbranched alkanes of at least 4 members (excludes halogenated alkanes) is 3. The van der Waals surface area contributed by atoms with Crippen molar-refractivity contribution in [3.05, 3.63) is 28.2 Å². The Morgan fingerprint density at radius 1 is 1.33 bits per heavy atom. The summed E-state index contributed by atoms with van der Waals surface area (Å²) in [5.41, 5.74) is 6.88. The summed E-state index contributed by atoms with van der Waals surface area (Å²) in [5, 5.41) is 0. The standard InChI is InChI=1S/C12H20N2O/c1-3-4-5-6-8-14-9-7-10(2)11(13)12(14)15/h7,9H,3-6,8,13H2,1-2H3. The number of aromatic nitrogens is 1. The smallest absolute Gasteiger partial charge is 0.273 e. The van der Waals surface area contributed by atoms with Crippen LogP contribution in [0.25, 0.3) is 0 Å². The van der Waals surface area contributed by atoms with Crippen LogP contribution in [0.1, 0.15) is 38.2 Å². The van der Waals surface area contributed by atoms with Crippen molar-refractivity contribution in [2.45, 2.75) is 46.1 Å². The van der Waals surface area contributed by atoms with Gasteiger partial charge in [0.05, 0.1) is 0 Å². The molecule has 0 amide bonds. The molecule has 0 aliphatic heterocycles. The lowest BCUT2D eigenvalue weighted by atomic mass is 10.2. The molecule has 0 aliphatic carbocycles. The van der Waals surface area contributed by atoms with Crippen LogP contribution in [-0.2, 0) is 6.54 Å². The van der Waals surface area contributed by atoms with E-state index in [4.69, 9.17) is 5.73 Å². The van der Waals surface area contributed by atoms with Gasteiger partial charge in [-0.3, -0.25) is 4.79 Å². The van der Waals surface area contributed by atoms with Crippen LogP contribution in [0, 0.1) is 6.92 Å². The molecule has 2 N–H and O–H groups in total. The van der Waals surface area contributed by atoms with E-state index in [1.165, 1.54) is 19.3 Å². The Balaban J connectivity index is 2.63. The molecule has 3 heteroatoms. The Labute approximate surface area is 90.9 Å². The van der Waals surface area contributed by atoms with Gasteiger partial charge >= 0.3 is 0 Å². The third-order valence-electron chi connectivity index (χ3n) is 2.67. The predicted octanol–water partition coefficient (Wildman–Crippen LogP) is 2.32. The summed E-state index contributed by atoms with van der Waals surface area (Å²) in [6.45, 7) is 4.82. The number of hydrogen-bond donors (Lipinski definition) is 1. The van der Waals surface area contributed by atoms with Gasteiger partial charge in [0.1, 0.15) is 5.69 Å². The number of hydrogen-bond acceptors (Lipinski definition) is 2. The summed E-state index contributed by atoms with van der Waals surface area (Å²) in [5.74, 6) is 0. The van der Waals surface area contributed by atoms with Crippen molar-refractivity contribution in [3.63, 3.8) is 0 Å². The van der Waals surface area contributed by atoms with Gasteiger partial charge in [-0.1, -0.05) is 26.2 Å². The molecule has 0 atom stereocenters. The van der Waals surface area contributed by atoms with Gasteiger partial charge in [0, 0.05) is 12.7 Å². The zero-order valence-corrected chi connectivity index (χ0v) is 9.62. The Morgan fingerprint density at radius 3 is 2.73 bits per heavy atom. The highest BCUT2D eigenvalue weighted by molar-refractivity contribution is 5.42. The first kappa shape index (κ1) is 11.8. The van der Waals surface area contributed by atoms with Gasteiger partial charge in [0.2, 0.25) is 0 Å². The van der Waals surface area contributed by atoms with Crippen molar-refractivity contribution in [1.29, 1.82) is 0 Å². The predicted molar refractivity (Wildman–Crippen MR) is 64.0 cm³/mol. The summed E-state index contributed by atoms with van der Waals surface area (Å²) in [4.78, 5) is 11.7. The van der Waals surface area contributed by atoms with Gasteiger partial charge in [-0.05, 0) is 25.0 Å². The number of nitrogens with two attached hydrogens (primary N) is 1. The summed E-state index contributed by atoms with van der Waals surface area (Å²) in [6, 6.07) is 1.90. The molecule has 1 aromatic rings. The van der Waals surface area contributed by atoms with E-state index in [1.54, 1.807) is 4.57 Å². The lowest BCUT2D eigenvalue weighted by Crippen LogP contribution is -2.23. The Hall–Kier alpha value is -1.25. The van der Waals surface area contributed by atoms with Crippen LogP contribution in [0.15, 0.2) is 17.1 Å². The molecule has 0 aromatic carbocycles. The van der Waals surface area contributed by atoms with Crippen molar-refractivity contribution >= 4 is 5.69 Å². The zero-order chi connectivity index (χ0) is 11.3. The third-order valence-corrected chi connectivity index (χ3v) is 2.67. The summed E-state index contributed by atoms with van der Waals surface area (Å²) >= 11 is 0. The molecule has 1 heterocycles. The number of pyridine rings is 1. The Kier molecular flexibility index (Phi) is 4.40. The van der Waals surface area contributed by atoms with Crippen LogP contribution in [0.2, 0.25) is 0 Å². The van der Waals surface area contributed by atoms with Gasteiger partial charge in [-0.2, -0.15) is 0 Å². The van der Waals surface area contributed by atoms with Crippen LogP contribution in [-0.4, -0.2) is 4.57 Å². The van der Waals surface area contributed by atoms with Crippen LogP contribution in [0.5, 0.6) is 0 Å². The molecule has 0 saturated carbocycles. The molecule has 1 aromatic heterocycles. The van der Waals surface area contributed by atoms with Crippen LogP contribution < -0.4 is 11.3 Å². The van der Waals surface area contributed by atoms with E-state index in [2.05, 4.69) is 6.92 Å². The number of aryl methyl sites for hydroxylation is 2. The van der Waals surface area contributed by atoms with E-state index >= 15 is 0 Å². The van der Waals surface area contributed by atoms with Crippen molar-refractivity contribution < 1.29 is 0 Å². The summed E-state index contributed by atoms with van der Waals surface area (Å²) < 4.78 is 1.71. The second-order valence-electron chi connectivity index (χ2n) is 3.97. The van der Waals surface area contributed by atoms with E-state index in [-0.39, 0.29) is 5.56 Å². The molecular weight excluding hydrogens is 188 g/mol. The Bertz CT molecular complexity index is 368. The average Bonchev–Trinajstić information content (AvgIpc) is 2.24. The minimum Gasteiger partial charge on any atom is -0.394 e. The molecule has 0 bridgehead atoms. The maximum absolute atomic E-state index is 11.7. The first-order valence-corrected chi connectivity index (χ1v) is 5.62. The van der Waals surface area contributed by atoms with E-state index in [1.807, 2.05) is 19.2 Å². The largest absolute Gasteiger partial charge is 0.394 e. The molecule has 0 unspecified atom stereocenters. The van der Waals surface area contributed by atoms with Gasteiger partial charge < -0.3 is 10.3 Å². The number of nitrogens with zero attached hydrogens (tertiary/aromatic N) is 1. The summed E-state index contributed by atoms with van der Waals surface area (Å²) in [7, 11) is 0. The number of nitrogen functional groups attached to an aromatic ring is 1. The van der Waals surface area contributed by atoms with E-state index in [0.717, 1.165) is 18.5 Å². The second kappa shape index (κ2) is 5.59. The van der Waals surface area contributed by atoms with Crippen molar-refractivity contribution in [2.75, 3.05) is 5.73 Å². The topological polar surface area (TPSA) is 48.0 Å². The van der Waals surface area contributed by atoms with Gasteiger partial charge in [0.25, 0.3) is 5.56 Å². The highest BCUT2D eigenvalue weighted by Gasteiger charge is 2.02. The van der Waals surface area contributed by atoms with Gasteiger partial charge in [-0.25, -0.2) is 0 Å². The highest BCUT2D eigenvalue weighted by atomic mass is 16.1. The quantitative estimate of drug-likeness (QED) is 0.755. The fourth-order valence-corrected chi connectivity index (χ4v) is 1.57. The maximum atomic E-state index is 11.7. The molecule has 84 valence electrons. The molecule has 0 aliphatic rings. The molecule has 0 spiro atoms. The monoisotopic (exact) mass is 208 g/mol. The van der Waals surface area contributed by atoms with Crippen LogP contribution in [0.3, 0.4) is 0 Å². The molecule has 0 fully saturated rings. The molecule has 1 rings (SSSR count). The van der Waals surface area contributed by atoms with Crippen LogP contribution >= 0.6 is 0 Å². The average molecular weight is 208 g/mol. The van der Waals surface area contributed by atoms with Gasteiger partial charge in [-0.15, -0.1) is 0 Å². The molecular formula is C12H20N2O. The van der Waals surface area contributed by atoms with Crippen molar-refractivity contribution in [2.24, 2.45) is 0 Å². The zero-order valence-electron chi connectivity index (χ0n) is 9.62. The lowest BCUT2D eigenvalue weighted by molar-refractivity contribution is 0.571.